The Labute approximate surface area is 117 Å². The Morgan fingerprint density at radius 1 is 1.55 bits per heavy atom. The third kappa shape index (κ3) is 2.98. The van der Waals surface area contributed by atoms with Crippen LogP contribution in [0.2, 0.25) is 0 Å². The number of halogens is 1. The molecule has 2 atom stereocenters. The van der Waals surface area contributed by atoms with E-state index in [-0.39, 0.29) is 23.6 Å². The zero-order valence-electron chi connectivity index (χ0n) is 11.2. The van der Waals surface area contributed by atoms with Gasteiger partial charge in [0.1, 0.15) is 10.7 Å². The summed E-state index contributed by atoms with van der Waals surface area (Å²) in [6, 6.07) is 0.625. The van der Waals surface area contributed by atoms with Gasteiger partial charge in [0.05, 0.1) is 12.3 Å². The van der Waals surface area contributed by atoms with Crippen LogP contribution in [0.15, 0.2) is 23.4 Å². The Kier molecular flexibility index (Phi) is 4.69. The zero-order valence-corrected chi connectivity index (χ0v) is 12.0. The highest BCUT2D eigenvalue weighted by Gasteiger charge is 2.36. The van der Waals surface area contributed by atoms with Gasteiger partial charge < -0.3 is 10.5 Å². The lowest BCUT2D eigenvalue weighted by molar-refractivity contribution is 0.0401. The maximum absolute atomic E-state index is 13.2. The molecule has 1 fully saturated rings. The average Bonchev–Trinajstić information content (AvgIpc) is 2.46. The topological polar surface area (TPSA) is 85.5 Å². The van der Waals surface area contributed by atoms with Gasteiger partial charge in [-0.15, -0.1) is 0 Å². The Hall–Kier alpha value is -1.09. The molecular weight excluding hydrogens is 285 g/mol. The quantitative estimate of drug-likeness (QED) is 0.867. The number of pyridine rings is 1. The van der Waals surface area contributed by atoms with Crippen molar-refractivity contribution in [3.63, 3.8) is 0 Å². The summed E-state index contributed by atoms with van der Waals surface area (Å²) >= 11 is 0. The monoisotopic (exact) mass is 303 g/mol. The largest absolute Gasteiger partial charge is 0.381 e. The van der Waals surface area contributed by atoms with Crippen LogP contribution in [0, 0.1) is 5.82 Å². The van der Waals surface area contributed by atoms with Gasteiger partial charge in [0.2, 0.25) is 10.0 Å². The van der Waals surface area contributed by atoms with Gasteiger partial charge >= 0.3 is 0 Å². The number of sulfonamides is 1. The van der Waals surface area contributed by atoms with E-state index in [2.05, 4.69) is 4.98 Å². The highest BCUT2D eigenvalue weighted by molar-refractivity contribution is 7.89. The number of rotatable bonds is 4. The molecule has 6 nitrogen and oxygen atoms in total. The van der Waals surface area contributed by atoms with E-state index in [9.17, 15) is 12.8 Å². The number of ether oxygens (including phenoxy) is 1. The molecule has 2 unspecified atom stereocenters. The second kappa shape index (κ2) is 6.13. The summed E-state index contributed by atoms with van der Waals surface area (Å²) in [6.45, 7) is 0.501. The van der Waals surface area contributed by atoms with E-state index in [4.69, 9.17) is 10.5 Å². The van der Waals surface area contributed by atoms with E-state index in [0.717, 1.165) is 18.5 Å². The van der Waals surface area contributed by atoms with Crippen LogP contribution < -0.4 is 5.73 Å². The van der Waals surface area contributed by atoms with Gasteiger partial charge in [-0.05, 0) is 18.9 Å². The van der Waals surface area contributed by atoms with Gasteiger partial charge in [0, 0.05) is 32.4 Å². The molecule has 1 aromatic heterocycles. The van der Waals surface area contributed by atoms with Crippen LogP contribution in [0.5, 0.6) is 0 Å². The highest BCUT2D eigenvalue weighted by atomic mass is 32.2. The van der Waals surface area contributed by atoms with Gasteiger partial charge in [-0.1, -0.05) is 0 Å². The van der Waals surface area contributed by atoms with E-state index in [1.54, 1.807) is 7.11 Å². The summed E-state index contributed by atoms with van der Waals surface area (Å²) in [5, 5.41) is 0. The van der Waals surface area contributed by atoms with Crippen molar-refractivity contribution >= 4 is 10.0 Å². The lowest BCUT2D eigenvalue weighted by atomic mass is 10.0. The molecule has 2 N–H and O–H groups in total. The Bertz CT molecular complexity index is 567. The zero-order chi connectivity index (χ0) is 14.8. The van der Waals surface area contributed by atoms with Crippen LogP contribution in [0.25, 0.3) is 0 Å². The van der Waals surface area contributed by atoms with E-state index < -0.39 is 15.8 Å². The predicted octanol–water partition coefficient (Wildman–Crippen LogP) is 0.348. The Morgan fingerprint density at radius 3 is 2.90 bits per heavy atom. The minimum atomic E-state index is -3.78. The summed E-state index contributed by atoms with van der Waals surface area (Å²) in [7, 11) is -2.19. The molecule has 20 heavy (non-hydrogen) atoms. The number of methoxy groups -OCH3 is 1. The first-order valence-electron chi connectivity index (χ1n) is 6.34. The smallest absolute Gasteiger partial charge is 0.245 e. The van der Waals surface area contributed by atoms with Crippen LogP contribution in [0.1, 0.15) is 12.8 Å². The molecule has 1 aliphatic rings. The second-order valence-electron chi connectivity index (χ2n) is 4.73. The van der Waals surface area contributed by atoms with Crippen LogP contribution >= 0.6 is 0 Å². The first-order valence-corrected chi connectivity index (χ1v) is 7.78. The molecular formula is C12H18FN3O3S. The molecule has 1 saturated heterocycles. The Morgan fingerprint density at radius 2 is 2.30 bits per heavy atom. The van der Waals surface area contributed by atoms with Crippen molar-refractivity contribution in [1.29, 1.82) is 0 Å². The standard InChI is InChI=1S/C12H18FN3O3S/c1-19-11-2-3-16(10(5-11)6-14)20(17,18)12-4-9(13)7-15-8-12/h4,7-8,10-11H,2-3,5-6,14H2,1H3. The molecule has 0 bridgehead atoms. The van der Waals surface area contributed by atoms with Crippen molar-refractivity contribution < 1.29 is 17.5 Å². The summed E-state index contributed by atoms with van der Waals surface area (Å²) in [4.78, 5) is 3.44. The summed E-state index contributed by atoms with van der Waals surface area (Å²) in [6.07, 6.45) is 3.25. The lowest BCUT2D eigenvalue weighted by Gasteiger charge is -2.37. The maximum atomic E-state index is 13.2. The van der Waals surface area contributed by atoms with E-state index in [1.807, 2.05) is 0 Å². The number of aromatic nitrogens is 1. The third-order valence-corrected chi connectivity index (χ3v) is 5.42. The average molecular weight is 303 g/mol. The molecule has 2 heterocycles. The molecule has 0 spiro atoms. The van der Waals surface area contributed by atoms with E-state index >= 15 is 0 Å². The van der Waals surface area contributed by atoms with E-state index in [1.165, 1.54) is 4.31 Å². The van der Waals surface area contributed by atoms with Crippen molar-refractivity contribution in [2.45, 2.75) is 29.9 Å². The molecule has 1 aliphatic heterocycles. The van der Waals surface area contributed by atoms with Crippen LogP contribution in [0.3, 0.4) is 0 Å². The van der Waals surface area contributed by atoms with Crippen molar-refractivity contribution in [3.05, 3.63) is 24.3 Å². The SMILES string of the molecule is COC1CCN(S(=O)(=O)c2cncc(F)c2)C(CN)C1. The normalized spacial score (nSPS) is 24.8. The highest BCUT2D eigenvalue weighted by Crippen LogP contribution is 2.26. The van der Waals surface area contributed by atoms with Gasteiger partial charge in [-0.3, -0.25) is 4.98 Å². The van der Waals surface area contributed by atoms with Gasteiger partial charge in [0.25, 0.3) is 0 Å². The van der Waals surface area contributed by atoms with Crippen molar-refractivity contribution in [2.24, 2.45) is 5.73 Å². The molecule has 0 aliphatic carbocycles. The number of piperidine rings is 1. The van der Waals surface area contributed by atoms with Crippen LogP contribution in [0.4, 0.5) is 4.39 Å². The summed E-state index contributed by atoms with van der Waals surface area (Å²) in [5.41, 5.74) is 5.66. The number of nitrogens with two attached hydrogens (primary N) is 1. The molecule has 2 rings (SSSR count). The van der Waals surface area contributed by atoms with Crippen LogP contribution in [-0.4, -0.2) is 50.1 Å². The minimum Gasteiger partial charge on any atom is -0.381 e. The fraction of sp³-hybridized carbons (Fsp3) is 0.583. The summed E-state index contributed by atoms with van der Waals surface area (Å²) in [5.74, 6) is -0.679. The van der Waals surface area contributed by atoms with Crippen molar-refractivity contribution in [1.82, 2.24) is 9.29 Å². The van der Waals surface area contributed by atoms with Crippen LogP contribution in [-0.2, 0) is 14.8 Å². The van der Waals surface area contributed by atoms with Crippen molar-refractivity contribution in [2.75, 3.05) is 20.2 Å². The first-order chi connectivity index (χ1) is 9.48. The molecule has 1 aromatic rings. The molecule has 8 heteroatoms. The second-order valence-corrected chi connectivity index (χ2v) is 6.62. The third-order valence-electron chi connectivity index (χ3n) is 3.51. The fourth-order valence-electron chi connectivity index (χ4n) is 2.41. The molecule has 0 amide bonds. The fourth-order valence-corrected chi connectivity index (χ4v) is 4.04. The molecule has 0 radical (unpaired) electrons. The number of hydrogen-bond acceptors (Lipinski definition) is 5. The van der Waals surface area contributed by atoms with Crippen molar-refractivity contribution in [3.8, 4) is 0 Å². The van der Waals surface area contributed by atoms with Gasteiger partial charge in [-0.2, -0.15) is 4.31 Å². The lowest BCUT2D eigenvalue weighted by Crippen LogP contribution is -2.51. The number of hydrogen-bond donors (Lipinski definition) is 1. The molecule has 112 valence electrons. The van der Waals surface area contributed by atoms with Gasteiger partial charge in [0.15, 0.2) is 0 Å². The number of nitrogens with zero attached hydrogens (tertiary/aromatic N) is 2. The Balaban J connectivity index is 2.29. The van der Waals surface area contributed by atoms with E-state index in [0.29, 0.717) is 19.4 Å². The first kappa shape index (κ1) is 15.3. The van der Waals surface area contributed by atoms with Gasteiger partial charge in [-0.25, -0.2) is 12.8 Å². The maximum Gasteiger partial charge on any atom is 0.245 e. The molecule has 0 saturated carbocycles. The summed E-state index contributed by atoms with van der Waals surface area (Å²) < 4.78 is 44.8. The molecule has 0 aromatic carbocycles. The predicted molar refractivity (Wildman–Crippen MR) is 71.0 cm³/mol. The minimum absolute atomic E-state index is 0.000587.